The Morgan fingerprint density at radius 2 is 1.45 bits per heavy atom. The Bertz CT molecular complexity index is 1570. The van der Waals surface area contributed by atoms with Crippen LogP contribution in [0, 0.1) is 0 Å². The minimum Gasteiger partial charge on any atom is -0.497 e. The number of nitrogens with zero attached hydrogens (tertiary/aromatic N) is 2. The van der Waals surface area contributed by atoms with Crippen LogP contribution in [0.3, 0.4) is 0 Å². The van der Waals surface area contributed by atoms with Crippen molar-refractivity contribution < 1.29 is 31.8 Å². The molecule has 3 aliphatic rings. The molecule has 42 heavy (non-hydrogen) atoms. The summed E-state index contributed by atoms with van der Waals surface area (Å²) >= 11 is 1.53. The highest BCUT2D eigenvalue weighted by molar-refractivity contribution is 8.16. The third-order valence-electron chi connectivity index (χ3n) is 7.29. The molecule has 10 heteroatoms. The number of amidine groups is 1. The number of aliphatic imine (C=N–C) groups is 1. The number of thioether (sulfide) groups is 1. The van der Waals surface area contributed by atoms with E-state index in [-0.39, 0.29) is 17.5 Å². The molecule has 0 amide bonds. The first-order valence-corrected chi connectivity index (χ1v) is 14.2. The van der Waals surface area contributed by atoms with Gasteiger partial charge < -0.3 is 19.1 Å². The Morgan fingerprint density at radius 1 is 0.833 bits per heavy atom. The van der Waals surface area contributed by atoms with Crippen LogP contribution < -0.4 is 14.2 Å². The minimum absolute atomic E-state index is 0.0952. The van der Waals surface area contributed by atoms with E-state index in [0.717, 1.165) is 69.4 Å². The number of allylic oxidation sites excluding steroid dienone is 1. The topological polar surface area (TPSA) is 43.3 Å². The number of hydrogen-bond acceptors (Lipinski definition) is 6. The Morgan fingerprint density at radius 3 is 2.07 bits per heavy atom. The summed E-state index contributed by atoms with van der Waals surface area (Å²) in [6, 6.07) is 20.9. The van der Waals surface area contributed by atoms with Crippen LogP contribution in [0.25, 0.3) is 11.8 Å². The van der Waals surface area contributed by atoms with Gasteiger partial charge in [0, 0.05) is 5.41 Å². The average molecular weight is 595 g/mol. The van der Waals surface area contributed by atoms with Crippen molar-refractivity contribution in [3.05, 3.63) is 112 Å². The molecule has 0 N–H and O–H groups in total. The number of methoxy groups -OCH3 is 1. The standard InChI is InChI=1S/C32H26F4N2O3S/c1-39-23-13-7-20(8-14-23)27-18-42-32-37-28-22(17-19-5-11-24(12-6-19)40-30(33)34)3-2-4-26(28)29(38(27)32)21-9-15-25(16-10-21)41-31(35)36/h5-18,29-31H,2-4H2,1H3/b22-17+/t29-/m1/s1. The monoisotopic (exact) mass is 594 g/mol. The van der Waals surface area contributed by atoms with Gasteiger partial charge in [-0.05, 0) is 102 Å². The van der Waals surface area contributed by atoms with E-state index in [1.807, 2.05) is 42.5 Å². The van der Waals surface area contributed by atoms with Crippen molar-refractivity contribution in [2.75, 3.05) is 7.11 Å². The van der Waals surface area contributed by atoms with Crippen molar-refractivity contribution in [2.24, 2.45) is 4.99 Å². The fourth-order valence-electron chi connectivity index (χ4n) is 5.47. The van der Waals surface area contributed by atoms with Crippen LogP contribution >= 0.6 is 11.8 Å². The minimum atomic E-state index is -2.90. The molecule has 216 valence electrons. The average Bonchev–Trinajstić information content (AvgIpc) is 3.41. The third kappa shape index (κ3) is 5.76. The summed E-state index contributed by atoms with van der Waals surface area (Å²) in [5.41, 5.74) is 6.83. The molecule has 3 aromatic rings. The predicted octanol–water partition coefficient (Wildman–Crippen LogP) is 8.88. The maximum Gasteiger partial charge on any atom is 0.387 e. The number of hydrogen-bond donors (Lipinski definition) is 0. The van der Waals surface area contributed by atoms with Crippen molar-refractivity contribution >= 4 is 28.7 Å². The molecule has 2 heterocycles. The van der Waals surface area contributed by atoms with Crippen molar-refractivity contribution in [1.82, 2.24) is 4.90 Å². The van der Waals surface area contributed by atoms with Crippen LogP contribution in [0.15, 0.2) is 100 Å². The zero-order valence-electron chi connectivity index (χ0n) is 22.5. The molecule has 1 aliphatic carbocycles. The van der Waals surface area contributed by atoms with Crippen molar-refractivity contribution in [3.8, 4) is 17.2 Å². The van der Waals surface area contributed by atoms with Crippen LogP contribution in [0.1, 0.15) is 42.0 Å². The molecule has 0 bridgehead atoms. The Labute approximate surface area is 244 Å². The third-order valence-corrected chi connectivity index (χ3v) is 8.13. The lowest BCUT2D eigenvalue weighted by atomic mass is 9.82. The summed E-state index contributed by atoms with van der Waals surface area (Å²) in [6.07, 6.45) is 4.55. The molecule has 0 unspecified atom stereocenters. The van der Waals surface area contributed by atoms with E-state index < -0.39 is 13.2 Å². The maximum absolute atomic E-state index is 12.8. The van der Waals surface area contributed by atoms with Gasteiger partial charge in [0.25, 0.3) is 0 Å². The summed E-state index contributed by atoms with van der Waals surface area (Å²) in [7, 11) is 1.63. The lowest BCUT2D eigenvalue weighted by Gasteiger charge is -2.40. The lowest BCUT2D eigenvalue weighted by Crippen LogP contribution is -2.34. The number of alkyl halides is 4. The second-order valence-electron chi connectivity index (χ2n) is 9.81. The lowest BCUT2D eigenvalue weighted by molar-refractivity contribution is -0.0505. The molecule has 1 atom stereocenters. The van der Waals surface area contributed by atoms with Crippen LogP contribution in [0.2, 0.25) is 0 Å². The quantitative estimate of drug-likeness (QED) is 0.244. The van der Waals surface area contributed by atoms with E-state index in [1.54, 1.807) is 31.4 Å². The largest absolute Gasteiger partial charge is 0.497 e. The van der Waals surface area contributed by atoms with Crippen LogP contribution in [0.5, 0.6) is 17.2 Å². The normalized spacial score (nSPS) is 19.1. The maximum atomic E-state index is 12.8. The van der Waals surface area contributed by atoms with Gasteiger partial charge in [0.05, 0.1) is 24.5 Å². The van der Waals surface area contributed by atoms with Gasteiger partial charge in [0.2, 0.25) is 0 Å². The molecular weight excluding hydrogens is 568 g/mol. The van der Waals surface area contributed by atoms with Gasteiger partial charge in [0.1, 0.15) is 17.2 Å². The molecule has 0 saturated heterocycles. The van der Waals surface area contributed by atoms with E-state index in [0.29, 0.717) is 0 Å². The molecule has 2 aliphatic heterocycles. The van der Waals surface area contributed by atoms with Crippen molar-refractivity contribution in [3.63, 3.8) is 0 Å². The highest BCUT2D eigenvalue weighted by atomic mass is 32.2. The number of fused-ring (bicyclic) bond motifs is 1. The van der Waals surface area contributed by atoms with E-state index >= 15 is 0 Å². The summed E-state index contributed by atoms with van der Waals surface area (Å²) in [4.78, 5) is 7.34. The van der Waals surface area contributed by atoms with Crippen LogP contribution in [-0.2, 0) is 0 Å². The first kappa shape index (κ1) is 28.0. The summed E-state index contributed by atoms with van der Waals surface area (Å²) in [5, 5.41) is 2.89. The molecule has 0 aromatic heterocycles. The fraction of sp³-hybridized carbons (Fsp3) is 0.219. The first-order valence-electron chi connectivity index (χ1n) is 13.3. The van der Waals surface area contributed by atoms with Gasteiger partial charge >= 0.3 is 13.2 Å². The molecule has 3 aromatic carbocycles. The van der Waals surface area contributed by atoms with E-state index in [4.69, 9.17) is 9.73 Å². The first-order chi connectivity index (χ1) is 20.4. The molecular formula is C32H26F4N2O3S. The van der Waals surface area contributed by atoms with E-state index in [2.05, 4.69) is 19.8 Å². The van der Waals surface area contributed by atoms with Crippen molar-refractivity contribution in [2.45, 2.75) is 38.5 Å². The van der Waals surface area contributed by atoms with Crippen LogP contribution in [-0.4, -0.2) is 30.4 Å². The smallest absolute Gasteiger partial charge is 0.387 e. The van der Waals surface area contributed by atoms with Gasteiger partial charge in [-0.3, -0.25) is 0 Å². The highest BCUT2D eigenvalue weighted by Gasteiger charge is 2.40. The second-order valence-corrected chi connectivity index (χ2v) is 10.6. The zero-order chi connectivity index (χ0) is 29.2. The SMILES string of the molecule is COc1ccc(C2=CSC3=NC4=C(CCC/C4=C\c4ccc(OC(F)F)cc4)[C@@H](c4ccc(OC(F)F)cc4)N23)cc1. The number of rotatable bonds is 8. The molecule has 5 nitrogen and oxygen atoms in total. The molecule has 0 spiro atoms. The predicted molar refractivity (Wildman–Crippen MR) is 156 cm³/mol. The Balaban J connectivity index is 1.41. The van der Waals surface area contributed by atoms with Crippen molar-refractivity contribution in [1.29, 1.82) is 0 Å². The van der Waals surface area contributed by atoms with Gasteiger partial charge in [-0.2, -0.15) is 17.6 Å². The highest BCUT2D eigenvalue weighted by Crippen LogP contribution is 2.51. The molecule has 0 saturated carbocycles. The van der Waals surface area contributed by atoms with E-state index in [9.17, 15) is 17.6 Å². The Hall–Kier alpha value is -4.18. The fourth-order valence-corrected chi connectivity index (χ4v) is 6.39. The van der Waals surface area contributed by atoms with E-state index in [1.165, 1.54) is 23.9 Å². The number of ether oxygens (including phenoxy) is 3. The van der Waals surface area contributed by atoms with Gasteiger partial charge in [-0.15, -0.1) is 0 Å². The summed E-state index contributed by atoms with van der Waals surface area (Å²) in [5.74, 6) is 0.950. The molecule has 6 rings (SSSR count). The van der Waals surface area contributed by atoms with Gasteiger partial charge in [0.15, 0.2) is 5.17 Å². The molecule has 0 radical (unpaired) electrons. The van der Waals surface area contributed by atoms with Gasteiger partial charge in [-0.25, -0.2) is 4.99 Å². The Kier molecular flexibility index (Phi) is 7.97. The summed E-state index contributed by atoms with van der Waals surface area (Å²) < 4.78 is 65.3. The summed E-state index contributed by atoms with van der Waals surface area (Å²) in [6.45, 7) is -5.78. The van der Waals surface area contributed by atoms with Crippen LogP contribution in [0.4, 0.5) is 17.6 Å². The zero-order valence-corrected chi connectivity index (χ0v) is 23.3. The number of benzene rings is 3. The number of halogens is 4. The molecule has 0 fully saturated rings. The second kappa shape index (κ2) is 12.0. The van der Waals surface area contributed by atoms with Gasteiger partial charge in [-0.1, -0.05) is 36.0 Å².